The zero-order valence-electron chi connectivity index (χ0n) is 16.2. The number of nitrogens with zero attached hydrogens (tertiary/aromatic N) is 4. The molecule has 0 fully saturated rings. The molecule has 0 bridgehead atoms. The quantitative estimate of drug-likeness (QED) is 0.266. The summed E-state index contributed by atoms with van der Waals surface area (Å²) in [6, 6.07) is 18.3. The lowest BCUT2D eigenvalue weighted by Gasteiger charge is -2.01. The largest absolute Gasteiger partial charge is 0.377 e. The Morgan fingerprint density at radius 3 is 2.61 bits per heavy atom. The monoisotopic (exact) mass is 391 g/mol. The van der Waals surface area contributed by atoms with Gasteiger partial charge in [0.1, 0.15) is 5.69 Å². The van der Waals surface area contributed by atoms with Crippen LogP contribution < -0.4 is 5.73 Å². The Hall–Kier alpha value is -2.86. The van der Waals surface area contributed by atoms with Crippen LogP contribution >= 0.6 is 11.8 Å². The van der Waals surface area contributed by atoms with Crippen LogP contribution in [0.4, 0.5) is 0 Å². The third kappa shape index (κ3) is 5.33. The standard InChI is InChI=1S/C22H25N5S/c1-3-4-14-28-22(23)25-24-15-19-16-27(20-8-6-5-7-9-20)26-21(19)18-12-10-17(2)11-13-18/h5-13,15-16H,3-4,14H2,1-2H3,(H2,23,25)/b24-15-. The van der Waals surface area contributed by atoms with E-state index in [2.05, 4.69) is 48.3 Å². The van der Waals surface area contributed by atoms with E-state index in [4.69, 9.17) is 10.8 Å². The highest BCUT2D eigenvalue weighted by molar-refractivity contribution is 8.13. The van der Waals surface area contributed by atoms with Crippen LogP contribution in [0.15, 0.2) is 71.0 Å². The number of para-hydroxylation sites is 1. The Morgan fingerprint density at radius 2 is 1.89 bits per heavy atom. The third-order valence-corrected chi connectivity index (χ3v) is 5.06. The molecule has 0 atom stereocenters. The lowest BCUT2D eigenvalue weighted by atomic mass is 10.1. The highest BCUT2D eigenvalue weighted by Crippen LogP contribution is 2.23. The second kappa shape index (κ2) is 9.90. The van der Waals surface area contributed by atoms with Gasteiger partial charge in [-0.05, 0) is 25.5 Å². The summed E-state index contributed by atoms with van der Waals surface area (Å²) in [6.07, 6.45) is 5.94. The topological polar surface area (TPSA) is 68.6 Å². The molecule has 0 aliphatic rings. The van der Waals surface area contributed by atoms with Crippen molar-refractivity contribution >= 4 is 23.1 Å². The first-order valence-corrected chi connectivity index (χ1v) is 10.4. The van der Waals surface area contributed by atoms with Crippen molar-refractivity contribution in [2.75, 3.05) is 5.75 Å². The van der Waals surface area contributed by atoms with E-state index in [0.29, 0.717) is 5.17 Å². The molecule has 3 rings (SSSR count). The smallest absolute Gasteiger partial charge is 0.180 e. The molecule has 3 aromatic rings. The first-order valence-electron chi connectivity index (χ1n) is 9.39. The maximum Gasteiger partial charge on any atom is 0.180 e. The molecule has 2 N–H and O–H groups in total. The zero-order chi connectivity index (χ0) is 19.8. The van der Waals surface area contributed by atoms with Crippen LogP contribution in [0.3, 0.4) is 0 Å². The normalized spacial score (nSPS) is 12.0. The molecule has 0 saturated heterocycles. The number of unbranched alkanes of at least 4 members (excludes halogenated alkanes) is 1. The Kier molecular flexibility index (Phi) is 7.03. The number of amidine groups is 1. The molecule has 28 heavy (non-hydrogen) atoms. The average molecular weight is 392 g/mol. The number of benzene rings is 2. The molecule has 144 valence electrons. The van der Waals surface area contributed by atoms with Gasteiger partial charge in [-0.15, -0.1) is 5.10 Å². The molecule has 0 unspecified atom stereocenters. The summed E-state index contributed by atoms with van der Waals surface area (Å²) in [5, 5.41) is 13.6. The van der Waals surface area contributed by atoms with Gasteiger partial charge in [0.2, 0.25) is 0 Å². The average Bonchev–Trinajstić information content (AvgIpc) is 3.14. The van der Waals surface area contributed by atoms with Crippen molar-refractivity contribution in [1.82, 2.24) is 9.78 Å². The number of aryl methyl sites for hydroxylation is 1. The molecule has 0 aliphatic heterocycles. The first kappa shape index (κ1) is 19.9. The van der Waals surface area contributed by atoms with Crippen LogP contribution in [0.2, 0.25) is 0 Å². The maximum atomic E-state index is 5.92. The lowest BCUT2D eigenvalue weighted by Crippen LogP contribution is -2.06. The summed E-state index contributed by atoms with van der Waals surface area (Å²) in [7, 11) is 0. The Labute approximate surface area is 170 Å². The van der Waals surface area contributed by atoms with Gasteiger partial charge in [0.15, 0.2) is 5.17 Å². The molecular formula is C22H25N5S. The summed E-state index contributed by atoms with van der Waals surface area (Å²) in [4.78, 5) is 0. The Bertz CT molecular complexity index is 943. The van der Waals surface area contributed by atoms with E-state index in [0.717, 1.165) is 41.1 Å². The summed E-state index contributed by atoms with van der Waals surface area (Å²) in [6.45, 7) is 4.23. The van der Waals surface area contributed by atoms with Gasteiger partial charge in [0, 0.05) is 23.1 Å². The van der Waals surface area contributed by atoms with Crippen LogP contribution in [0.1, 0.15) is 30.9 Å². The van der Waals surface area contributed by atoms with E-state index in [1.54, 1.807) is 6.21 Å². The Balaban J connectivity index is 1.90. The van der Waals surface area contributed by atoms with Gasteiger partial charge in [-0.25, -0.2) is 4.68 Å². The number of aromatic nitrogens is 2. The van der Waals surface area contributed by atoms with Crippen LogP contribution in [0.25, 0.3) is 16.9 Å². The maximum absolute atomic E-state index is 5.92. The molecule has 5 nitrogen and oxygen atoms in total. The van der Waals surface area contributed by atoms with Gasteiger partial charge >= 0.3 is 0 Å². The second-order valence-electron chi connectivity index (χ2n) is 6.46. The molecule has 1 aromatic heterocycles. The van der Waals surface area contributed by atoms with Crippen molar-refractivity contribution in [2.45, 2.75) is 26.7 Å². The minimum absolute atomic E-state index is 0.483. The van der Waals surface area contributed by atoms with Gasteiger partial charge in [0.25, 0.3) is 0 Å². The van der Waals surface area contributed by atoms with Crippen LogP contribution in [-0.4, -0.2) is 26.9 Å². The van der Waals surface area contributed by atoms with Crippen molar-refractivity contribution in [3.63, 3.8) is 0 Å². The lowest BCUT2D eigenvalue weighted by molar-refractivity contribution is 0.884. The molecule has 1 heterocycles. The minimum Gasteiger partial charge on any atom is -0.377 e. The fourth-order valence-electron chi connectivity index (χ4n) is 2.63. The second-order valence-corrected chi connectivity index (χ2v) is 7.58. The number of rotatable bonds is 7. The van der Waals surface area contributed by atoms with Gasteiger partial charge in [0.05, 0.1) is 11.9 Å². The summed E-state index contributed by atoms with van der Waals surface area (Å²) in [5.74, 6) is 0.960. The molecule has 0 amide bonds. The molecule has 0 spiro atoms. The van der Waals surface area contributed by atoms with Crippen LogP contribution in [-0.2, 0) is 0 Å². The Morgan fingerprint density at radius 1 is 1.14 bits per heavy atom. The van der Waals surface area contributed by atoms with Crippen molar-refractivity contribution in [3.8, 4) is 16.9 Å². The summed E-state index contributed by atoms with van der Waals surface area (Å²) < 4.78 is 1.86. The minimum atomic E-state index is 0.483. The third-order valence-electron chi connectivity index (χ3n) is 4.19. The van der Waals surface area contributed by atoms with Crippen molar-refractivity contribution in [2.24, 2.45) is 15.9 Å². The van der Waals surface area contributed by atoms with Gasteiger partial charge in [-0.1, -0.05) is 73.1 Å². The van der Waals surface area contributed by atoms with Crippen molar-refractivity contribution < 1.29 is 0 Å². The molecule has 0 aliphatic carbocycles. The number of hydrogen-bond donors (Lipinski definition) is 1. The highest BCUT2D eigenvalue weighted by Gasteiger charge is 2.11. The zero-order valence-corrected chi connectivity index (χ0v) is 17.1. The molecule has 6 heteroatoms. The predicted octanol–water partition coefficient (Wildman–Crippen LogP) is 5.03. The summed E-state index contributed by atoms with van der Waals surface area (Å²) >= 11 is 1.53. The molecular weight excluding hydrogens is 366 g/mol. The fourth-order valence-corrected chi connectivity index (χ4v) is 3.38. The number of hydrogen-bond acceptors (Lipinski definition) is 4. The molecule has 0 radical (unpaired) electrons. The number of nitrogens with two attached hydrogens (primary N) is 1. The van der Waals surface area contributed by atoms with E-state index in [1.165, 1.54) is 17.3 Å². The van der Waals surface area contributed by atoms with Crippen LogP contribution in [0, 0.1) is 6.92 Å². The highest BCUT2D eigenvalue weighted by atomic mass is 32.2. The predicted molar refractivity (Wildman–Crippen MR) is 120 cm³/mol. The fraction of sp³-hybridized carbons (Fsp3) is 0.227. The van der Waals surface area contributed by atoms with Crippen molar-refractivity contribution in [3.05, 3.63) is 71.9 Å². The van der Waals surface area contributed by atoms with E-state index >= 15 is 0 Å². The van der Waals surface area contributed by atoms with Gasteiger partial charge < -0.3 is 5.73 Å². The van der Waals surface area contributed by atoms with Gasteiger partial charge in [-0.3, -0.25) is 0 Å². The SMILES string of the molecule is CCCCS/C(N)=N\N=C/c1cn(-c2ccccc2)nc1-c1ccc(C)cc1. The molecule has 2 aromatic carbocycles. The van der Waals surface area contributed by atoms with E-state index in [-0.39, 0.29) is 0 Å². The number of thioether (sulfide) groups is 1. The van der Waals surface area contributed by atoms with E-state index < -0.39 is 0 Å². The first-order chi connectivity index (χ1) is 13.7. The summed E-state index contributed by atoms with van der Waals surface area (Å²) in [5.41, 5.74) is 10.9. The van der Waals surface area contributed by atoms with Crippen molar-refractivity contribution in [1.29, 1.82) is 0 Å². The van der Waals surface area contributed by atoms with E-state index in [1.807, 2.05) is 41.2 Å². The van der Waals surface area contributed by atoms with E-state index in [9.17, 15) is 0 Å². The van der Waals surface area contributed by atoms with Gasteiger partial charge in [-0.2, -0.15) is 10.2 Å². The molecule has 0 saturated carbocycles. The van der Waals surface area contributed by atoms with Crippen LogP contribution in [0.5, 0.6) is 0 Å².